The molecule has 2 aromatic rings. The molecule has 0 atom stereocenters. The van der Waals surface area contributed by atoms with E-state index < -0.39 is 0 Å². The van der Waals surface area contributed by atoms with E-state index in [4.69, 9.17) is 0 Å². The van der Waals surface area contributed by atoms with E-state index in [1.54, 1.807) is 0 Å². The summed E-state index contributed by atoms with van der Waals surface area (Å²) in [5, 5.41) is 8.70. The van der Waals surface area contributed by atoms with Gasteiger partial charge in [-0.1, -0.05) is 68.4 Å². The van der Waals surface area contributed by atoms with E-state index in [-0.39, 0.29) is 0 Å². The number of hydrogen-bond donors (Lipinski definition) is 0. The largest absolute Gasteiger partial charge is 0.154 e. The van der Waals surface area contributed by atoms with Crippen molar-refractivity contribution in [2.24, 2.45) is 16.1 Å². The Morgan fingerprint density at radius 3 is 1.95 bits per heavy atom. The highest BCUT2D eigenvalue weighted by atomic mass is 15.2. The summed E-state index contributed by atoms with van der Waals surface area (Å²) < 4.78 is 0. The fourth-order valence-electron chi connectivity index (χ4n) is 2.60. The van der Waals surface area contributed by atoms with Crippen molar-refractivity contribution < 1.29 is 0 Å². The van der Waals surface area contributed by atoms with Gasteiger partial charge in [0.05, 0.1) is 11.4 Å². The minimum atomic E-state index is 0.688. The molecule has 0 amide bonds. The number of rotatable bonds is 4. The first-order chi connectivity index (χ1) is 10.2. The number of hydrogen-bond acceptors (Lipinski definition) is 2. The highest BCUT2D eigenvalue weighted by molar-refractivity contribution is 6.20. The smallest absolute Gasteiger partial charge is 0.0763 e. The van der Waals surface area contributed by atoms with E-state index in [0.29, 0.717) is 5.92 Å². The lowest BCUT2D eigenvalue weighted by Gasteiger charge is -2.06. The van der Waals surface area contributed by atoms with Crippen molar-refractivity contribution in [1.82, 2.24) is 0 Å². The lowest BCUT2D eigenvalue weighted by atomic mass is 9.98. The molecule has 1 aliphatic heterocycles. The maximum Gasteiger partial charge on any atom is 0.0763 e. The summed E-state index contributed by atoms with van der Waals surface area (Å²) in [6.45, 7) is 4.49. The van der Waals surface area contributed by atoms with Crippen molar-refractivity contribution in [3.05, 3.63) is 71.3 Å². The third-order valence-electron chi connectivity index (χ3n) is 3.66. The molecule has 0 saturated heterocycles. The summed E-state index contributed by atoms with van der Waals surface area (Å²) >= 11 is 0. The number of nitrogens with zero attached hydrogens (tertiary/aromatic N) is 2. The first-order valence-electron chi connectivity index (χ1n) is 7.50. The van der Waals surface area contributed by atoms with Crippen molar-refractivity contribution in [2.75, 3.05) is 0 Å². The van der Waals surface area contributed by atoms with Gasteiger partial charge in [-0.05, 0) is 29.0 Å². The normalized spacial score (nSPS) is 14.2. The van der Waals surface area contributed by atoms with Gasteiger partial charge in [-0.3, -0.25) is 0 Å². The molecular formula is C19H20N2. The van der Waals surface area contributed by atoms with Gasteiger partial charge in [0.25, 0.3) is 0 Å². The number of benzene rings is 2. The van der Waals surface area contributed by atoms with Crippen LogP contribution in [-0.4, -0.2) is 11.4 Å². The maximum atomic E-state index is 4.36. The van der Waals surface area contributed by atoms with Crippen LogP contribution in [0.5, 0.6) is 0 Å². The van der Waals surface area contributed by atoms with Gasteiger partial charge in [-0.2, -0.15) is 10.2 Å². The lowest BCUT2D eigenvalue weighted by Crippen LogP contribution is -2.05. The van der Waals surface area contributed by atoms with Crippen molar-refractivity contribution >= 4 is 11.4 Å². The zero-order chi connectivity index (χ0) is 14.7. The molecule has 21 heavy (non-hydrogen) atoms. The van der Waals surface area contributed by atoms with Gasteiger partial charge in [0.2, 0.25) is 0 Å². The molecule has 0 N–H and O–H groups in total. The van der Waals surface area contributed by atoms with Crippen LogP contribution >= 0.6 is 0 Å². The molecule has 106 valence electrons. The molecular weight excluding hydrogens is 256 g/mol. The summed E-state index contributed by atoms with van der Waals surface area (Å²) in [7, 11) is 0. The summed E-state index contributed by atoms with van der Waals surface area (Å²) in [5.41, 5.74) is 5.84. The topological polar surface area (TPSA) is 24.7 Å². The molecule has 0 aliphatic carbocycles. The molecule has 0 saturated carbocycles. The third kappa shape index (κ3) is 3.27. The summed E-state index contributed by atoms with van der Waals surface area (Å²) in [6, 6.07) is 19.0. The van der Waals surface area contributed by atoms with Crippen LogP contribution in [0.4, 0.5) is 0 Å². The predicted octanol–water partition coefficient (Wildman–Crippen LogP) is 4.48. The Balaban J connectivity index is 1.70. The second-order valence-electron chi connectivity index (χ2n) is 5.93. The quantitative estimate of drug-likeness (QED) is 0.786. The third-order valence-corrected chi connectivity index (χ3v) is 3.66. The molecule has 1 heterocycles. The van der Waals surface area contributed by atoms with Crippen LogP contribution in [0.3, 0.4) is 0 Å². The van der Waals surface area contributed by atoms with Crippen molar-refractivity contribution in [2.45, 2.75) is 26.7 Å². The van der Waals surface area contributed by atoms with Crippen molar-refractivity contribution in [3.63, 3.8) is 0 Å². The lowest BCUT2D eigenvalue weighted by molar-refractivity contribution is 0.647. The molecule has 0 bridgehead atoms. The van der Waals surface area contributed by atoms with Crippen LogP contribution in [0.25, 0.3) is 0 Å². The monoisotopic (exact) mass is 276 g/mol. The van der Waals surface area contributed by atoms with E-state index in [0.717, 1.165) is 29.8 Å². The Morgan fingerprint density at radius 1 is 0.810 bits per heavy atom. The standard InChI is InChI=1S/C19H20N2/c1-14(2)12-15-8-10-17(11-9-15)19-13-18(20-21-19)16-6-4-3-5-7-16/h3-11,14H,12-13H2,1-2H3. The van der Waals surface area contributed by atoms with Gasteiger partial charge in [0.15, 0.2) is 0 Å². The van der Waals surface area contributed by atoms with Gasteiger partial charge in [0, 0.05) is 6.42 Å². The molecule has 2 heteroatoms. The van der Waals surface area contributed by atoms with Crippen LogP contribution in [0.2, 0.25) is 0 Å². The molecule has 0 unspecified atom stereocenters. The molecule has 2 nitrogen and oxygen atoms in total. The summed E-state index contributed by atoms with van der Waals surface area (Å²) in [5.74, 6) is 0.688. The van der Waals surface area contributed by atoms with Crippen LogP contribution < -0.4 is 0 Å². The van der Waals surface area contributed by atoms with E-state index in [2.05, 4.69) is 60.4 Å². The van der Waals surface area contributed by atoms with E-state index in [1.807, 2.05) is 18.2 Å². The van der Waals surface area contributed by atoms with Gasteiger partial charge in [-0.15, -0.1) is 0 Å². The molecule has 3 rings (SSSR count). The summed E-state index contributed by atoms with van der Waals surface area (Å²) in [6.07, 6.45) is 1.94. The van der Waals surface area contributed by atoms with E-state index >= 15 is 0 Å². The zero-order valence-corrected chi connectivity index (χ0v) is 12.6. The maximum absolute atomic E-state index is 4.36. The first-order valence-corrected chi connectivity index (χ1v) is 7.50. The van der Waals surface area contributed by atoms with Gasteiger partial charge in [-0.25, -0.2) is 0 Å². The van der Waals surface area contributed by atoms with Crippen molar-refractivity contribution in [3.8, 4) is 0 Å². The Kier molecular flexibility index (Phi) is 3.96. The van der Waals surface area contributed by atoms with Gasteiger partial charge < -0.3 is 0 Å². The second kappa shape index (κ2) is 6.04. The highest BCUT2D eigenvalue weighted by Gasteiger charge is 2.15. The van der Waals surface area contributed by atoms with E-state index in [9.17, 15) is 0 Å². The van der Waals surface area contributed by atoms with Crippen LogP contribution in [0.15, 0.2) is 64.8 Å². The molecule has 0 radical (unpaired) electrons. The Bertz CT molecular complexity index is 664. The minimum absolute atomic E-state index is 0.688. The predicted molar refractivity (Wildman–Crippen MR) is 89.1 cm³/mol. The van der Waals surface area contributed by atoms with Crippen LogP contribution in [0.1, 0.15) is 37.0 Å². The fourth-order valence-corrected chi connectivity index (χ4v) is 2.60. The molecule has 0 spiro atoms. The van der Waals surface area contributed by atoms with Gasteiger partial charge >= 0.3 is 0 Å². The van der Waals surface area contributed by atoms with Crippen molar-refractivity contribution in [1.29, 1.82) is 0 Å². The first kappa shape index (κ1) is 13.7. The van der Waals surface area contributed by atoms with E-state index in [1.165, 1.54) is 11.1 Å². The zero-order valence-electron chi connectivity index (χ0n) is 12.6. The average molecular weight is 276 g/mol. The van der Waals surface area contributed by atoms with Crippen LogP contribution in [-0.2, 0) is 6.42 Å². The minimum Gasteiger partial charge on any atom is -0.154 e. The molecule has 0 fully saturated rings. The second-order valence-corrected chi connectivity index (χ2v) is 5.93. The Labute approximate surface area is 126 Å². The Morgan fingerprint density at radius 2 is 1.38 bits per heavy atom. The molecule has 1 aliphatic rings. The fraction of sp³-hybridized carbons (Fsp3) is 0.263. The summed E-state index contributed by atoms with van der Waals surface area (Å²) in [4.78, 5) is 0. The SMILES string of the molecule is CC(C)Cc1ccc(C2=NN=C(c3ccccc3)C2)cc1. The highest BCUT2D eigenvalue weighted by Crippen LogP contribution is 2.18. The molecule has 0 aromatic heterocycles. The Hall–Kier alpha value is -2.22. The van der Waals surface area contributed by atoms with Gasteiger partial charge in [0.1, 0.15) is 0 Å². The average Bonchev–Trinajstić information content (AvgIpc) is 2.98. The molecule has 2 aromatic carbocycles. The van der Waals surface area contributed by atoms with Crippen LogP contribution in [0, 0.1) is 5.92 Å².